The smallest absolute Gasteiger partial charge is 0.323 e. The quantitative estimate of drug-likeness (QED) is 0.221. The summed E-state index contributed by atoms with van der Waals surface area (Å²) in [5.41, 5.74) is 2.30. The van der Waals surface area contributed by atoms with Crippen LogP contribution in [-0.4, -0.2) is 72.2 Å². The number of fused-ring (bicyclic) bond motifs is 1. The van der Waals surface area contributed by atoms with Crippen molar-refractivity contribution in [2.24, 2.45) is 5.92 Å². The molecule has 3 rings (SSSR count). The number of hydrogen-bond acceptors (Lipinski definition) is 6. The van der Waals surface area contributed by atoms with E-state index in [1.165, 1.54) is 17.7 Å². The second kappa shape index (κ2) is 17.2. The summed E-state index contributed by atoms with van der Waals surface area (Å²) in [5.74, 6) is -0.950. The predicted molar refractivity (Wildman–Crippen MR) is 155 cm³/mol. The number of aliphatic carboxylic acids is 1. The highest BCUT2D eigenvalue weighted by Gasteiger charge is 2.34. The van der Waals surface area contributed by atoms with Crippen LogP contribution in [0, 0.1) is 5.92 Å². The summed E-state index contributed by atoms with van der Waals surface area (Å²) in [6.07, 6.45) is 7.34. The van der Waals surface area contributed by atoms with Gasteiger partial charge in [-0.25, -0.2) is 0 Å². The molecule has 0 aromatic heterocycles. The Balaban J connectivity index is 0.00000342. The van der Waals surface area contributed by atoms with Crippen molar-refractivity contribution in [2.45, 2.75) is 83.3 Å². The lowest BCUT2D eigenvalue weighted by atomic mass is 9.92. The number of hydrogen-bond donors (Lipinski definition) is 3. The van der Waals surface area contributed by atoms with Crippen LogP contribution in [-0.2, 0) is 32.0 Å². The number of ether oxygens (including phenoxy) is 1. The summed E-state index contributed by atoms with van der Waals surface area (Å²) in [7, 11) is 0. The number of amides is 1. The van der Waals surface area contributed by atoms with Crippen LogP contribution in [0.15, 0.2) is 24.3 Å². The van der Waals surface area contributed by atoms with Gasteiger partial charge < -0.3 is 20.1 Å². The van der Waals surface area contributed by atoms with Crippen LogP contribution < -0.4 is 10.6 Å². The first kappa shape index (κ1) is 33.5. The maximum absolute atomic E-state index is 13.4. The van der Waals surface area contributed by atoms with Gasteiger partial charge in [0.1, 0.15) is 12.6 Å². The van der Waals surface area contributed by atoms with E-state index < -0.39 is 18.1 Å². The van der Waals surface area contributed by atoms with Gasteiger partial charge in [-0.3, -0.25) is 19.7 Å². The average Bonchev–Trinajstić information content (AvgIpc) is 3.28. The normalized spacial score (nSPS) is 17.0. The Morgan fingerprint density at radius 2 is 1.73 bits per heavy atom. The van der Waals surface area contributed by atoms with Crippen molar-refractivity contribution in [3.05, 3.63) is 35.4 Å². The molecular weight excluding hydrogens is 606 g/mol. The van der Waals surface area contributed by atoms with Crippen molar-refractivity contribution in [2.75, 3.05) is 26.2 Å². The van der Waals surface area contributed by atoms with Crippen LogP contribution >= 0.6 is 34.0 Å². The third-order valence-corrected chi connectivity index (χ3v) is 7.27. The van der Waals surface area contributed by atoms with Crippen molar-refractivity contribution in [3.63, 3.8) is 0 Å². The molecule has 8 nitrogen and oxygen atoms in total. The maximum atomic E-state index is 13.4. The number of rotatable bonds is 13. The van der Waals surface area contributed by atoms with Crippen LogP contribution in [0.25, 0.3) is 0 Å². The van der Waals surface area contributed by atoms with Gasteiger partial charge in [0.05, 0.1) is 12.6 Å². The zero-order valence-electron chi connectivity index (χ0n) is 21.9. The molecule has 1 aromatic carbocycles. The van der Waals surface area contributed by atoms with Gasteiger partial charge in [0, 0.05) is 6.04 Å². The molecule has 0 radical (unpaired) electrons. The van der Waals surface area contributed by atoms with Crippen molar-refractivity contribution in [1.29, 1.82) is 0 Å². The molecule has 1 aromatic rings. The highest BCUT2D eigenvalue weighted by Crippen LogP contribution is 2.26. The van der Waals surface area contributed by atoms with E-state index in [9.17, 15) is 19.5 Å². The van der Waals surface area contributed by atoms with Crippen LogP contribution in [0.5, 0.6) is 0 Å². The van der Waals surface area contributed by atoms with Gasteiger partial charge in [0.25, 0.3) is 0 Å². The number of carboxylic acid groups (broad SMARTS) is 1. The fourth-order valence-corrected chi connectivity index (χ4v) is 5.37. The molecule has 10 heteroatoms. The summed E-state index contributed by atoms with van der Waals surface area (Å²) in [5, 5.41) is 16.0. The standard InChI is InChI=1S/C27H41N3O5.2BrH/c1-3-35-27(34)24(11-7-4-8-20-12-14-28-15-13-20)29-19(2)26(33)30(18-25(31)32)23-16-21-9-5-6-10-22(21)17-23;;/h5-6,9-10,19-20,23-24,28-29H,3-4,7-8,11-18H2,1-2H3,(H,31,32);2*1H/t19-,24+;;/m0../s1. The molecule has 1 heterocycles. The summed E-state index contributed by atoms with van der Waals surface area (Å²) < 4.78 is 5.27. The Morgan fingerprint density at radius 1 is 1.11 bits per heavy atom. The molecule has 0 saturated carbocycles. The van der Waals surface area contributed by atoms with Crippen molar-refractivity contribution in [3.8, 4) is 0 Å². The highest BCUT2D eigenvalue weighted by molar-refractivity contribution is 8.93. The Labute approximate surface area is 241 Å². The van der Waals surface area contributed by atoms with Crippen LogP contribution in [0.4, 0.5) is 0 Å². The van der Waals surface area contributed by atoms with Gasteiger partial charge in [-0.15, -0.1) is 34.0 Å². The first-order valence-corrected chi connectivity index (χ1v) is 13.1. The minimum atomic E-state index is -1.04. The van der Waals surface area contributed by atoms with Gasteiger partial charge >= 0.3 is 11.9 Å². The van der Waals surface area contributed by atoms with Crippen LogP contribution in [0.2, 0.25) is 0 Å². The average molecular weight is 649 g/mol. The third-order valence-electron chi connectivity index (χ3n) is 7.27. The minimum Gasteiger partial charge on any atom is -0.480 e. The molecule has 3 N–H and O–H groups in total. The monoisotopic (exact) mass is 647 g/mol. The first-order valence-electron chi connectivity index (χ1n) is 13.1. The predicted octanol–water partition coefficient (Wildman–Crippen LogP) is 3.69. The van der Waals surface area contributed by atoms with E-state index in [0.29, 0.717) is 19.3 Å². The Hall–Kier alpha value is -1.49. The zero-order chi connectivity index (χ0) is 25.2. The second-order valence-electron chi connectivity index (χ2n) is 9.86. The molecule has 2 aliphatic rings. The Morgan fingerprint density at radius 3 is 2.30 bits per heavy atom. The number of piperidine rings is 1. The fraction of sp³-hybridized carbons (Fsp3) is 0.667. The molecule has 1 saturated heterocycles. The number of nitrogens with one attached hydrogen (secondary N) is 2. The SMILES string of the molecule is Br.Br.CCOC(=O)[C@@H](CCCCC1CCNCC1)N[C@@H](C)C(=O)N(CC(=O)O)C1Cc2ccccc2C1. The van der Waals surface area contributed by atoms with Crippen molar-refractivity contribution < 1.29 is 24.2 Å². The number of carboxylic acids is 1. The lowest BCUT2D eigenvalue weighted by Gasteiger charge is -2.31. The summed E-state index contributed by atoms with van der Waals surface area (Å²) >= 11 is 0. The van der Waals surface area contributed by atoms with E-state index in [1.807, 2.05) is 24.3 Å². The van der Waals surface area contributed by atoms with E-state index in [4.69, 9.17) is 4.74 Å². The Kier molecular flexibility index (Phi) is 15.6. The van der Waals surface area contributed by atoms with E-state index in [-0.39, 0.29) is 65.0 Å². The molecule has 0 unspecified atom stereocenters. The van der Waals surface area contributed by atoms with Gasteiger partial charge in [0.2, 0.25) is 5.91 Å². The van der Waals surface area contributed by atoms with Crippen molar-refractivity contribution in [1.82, 2.24) is 15.5 Å². The molecule has 1 amide bonds. The van der Waals surface area contributed by atoms with Crippen molar-refractivity contribution >= 4 is 51.8 Å². The minimum absolute atomic E-state index is 0. The molecule has 2 atom stereocenters. The molecular formula is C27H43Br2N3O5. The highest BCUT2D eigenvalue weighted by atomic mass is 79.9. The molecule has 0 bridgehead atoms. The fourth-order valence-electron chi connectivity index (χ4n) is 5.37. The number of esters is 1. The van der Waals surface area contributed by atoms with E-state index in [1.54, 1.807) is 13.8 Å². The van der Waals surface area contributed by atoms with E-state index >= 15 is 0 Å². The first-order chi connectivity index (χ1) is 16.9. The molecule has 1 aliphatic heterocycles. The Bertz CT molecular complexity index is 841. The molecule has 210 valence electrons. The third kappa shape index (κ3) is 10.3. The zero-order valence-corrected chi connectivity index (χ0v) is 25.4. The number of unbranched alkanes of at least 4 members (excludes halogenated alkanes) is 1. The molecule has 0 spiro atoms. The number of carbonyl (C=O) groups is 3. The molecule has 37 heavy (non-hydrogen) atoms. The lowest BCUT2D eigenvalue weighted by Crippen LogP contribution is -2.54. The lowest BCUT2D eigenvalue weighted by molar-refractivity contribution is -0.149. The van der Waals surface area contributed by atoms with Crippen LogP contribution in [0.3, 0.4) is 0 Å². The molecule has 1 aliphatic carbocycles. The van der Waals surface area contributed by atoms with Gasteiger partial charge in [0.15, 0.2) is 0 Å². The number of benzene rings is 1. The van der Waals surface area contributed by atoms with Gasteiger partial charge in [-0.1, -0.05) is 43.5 Å². The number of nitrogens with zero attached hydrogens (tertiary/aromatic N) is 1. The largest absolute Gasteiger partial charge is 0.480 e. The van der Waals surface area contributed by atoms with E-state index in [0.717, 1.165) is 49.4 Å². The topological polar surface area (TPSA) is 108 Å². The van der Waals surface area contributed by atoms with Gasteiger partial charge in [-0.2, -0.15) is 0 Å². The summed E-state index contributed by atoms with van der Waals surface area (Å²) in [6, 6.07) is 6.49. The number of carbonyl (C=O) groups excluding carboxylic acids is 2. The van der Waals surface area contributed by atoms with Gasteiger partial charge in [-0.05, 0) is 76.1 Å². The number of halogens is 2. The second-order valence-corrected chi connectivity index (χ2v) is 9.86. The maximum Gasteiger partial charge on any atom is 0.323 e. The van der Waals surface area contributed by atoms with E-state index in [2.05, 4.69) is 10.6 Å². The van der Waals surface area contributed by atoms with Crippen LogP contribution in [0.1, 0.15) is 63.5 Å². The summed E-state index contributed by atoms with van der Waals surface area (Å²) in [4.78, 5) is 39.1. The molecule has 1 fully saturated rings. The summed E-state index contributed by atoms with van der Waals surface area (Å²) in [6.45, 7) is 5.56.